The van der Waals surface area contributed by atoms with Crippen LogP contribution in [0, 0.1) is 27.7 Å². The molecule has 0 saturated carbocycles. The van der Waals surface area contributed by atoms with E-state index in [-0.39, 0.29) is 0 Å². The maximum Gasteiger partial charge on any atom is 0.150 e. The lowest BCUT2D eigenvalue weighted by Gasteiger charge is -2.27. The average molecular weight is 512 g/mol. The number of ether oxygens (including phenoxy) is 1. The minimum atomic E-state index is 0.356. The summed E-state index contributed by atoms with van der Waals surface area (Å²) in [5.41, 5.74) is 11.0. The van der Waals surface area contributed by atoms with Crippen LogP contribution < -0.4 is 4.90 Å². The van der Waals surface area contributed by atoms with Crippen LogP contribution in [0.1, 0.15) is 43.7 Å². The van der Waals surface area contributed by atoms with Gasteiger partial charge in [-0.05, 0) is 120 Å². The van der Waals surface area contributed by atoms with Gasteiger partial charge < -0.3 is 9.64 Å². The van der Waals surface area contributed by atoms with E-state index < -0.39 is 0 Å². The standard InChI is InChI=1S/C36H33NO2/c1-25-15-26(2)18-35(17-25)37(36-19-27(3)16-28(4)20-36)34-12-11-30-21-29(9-10-31(30)22-34)13-14-39-24-33-8-6-5-7-32(33)23-38/h5-23H,24H2,1-4H3. The fraction of sp³-hybridized carbons (Fsp3) is 0.139. The Labute approximate surface area is 231 Å². The second kappa shape index (κ2) is 11.4. The Bertz CT molecular complexity index is 1590. The van der Waals surface area contributed by atoms with E-state index in [0.717, 1.165) is 39.9 Å². The lowest BCUT2D eigenvalue weighted by Crippen LogP contribution is -2.11. The van der Waals surface area contributed by atoms with Crippen LogP contribution in [0.5, 0.6) is 0 Å². The van der Waals surface area contributed by atoms with E-state index in [9.17, 15) is 4.79 Å². The van der Waals surface area contributed by atoms with Crippen LogP contribution in [-0.2, 0) is 11.3 Å². The molecule has 0 atom stereocenters. The maximum absolute atomic E-state index is 11.2. The van der Waals surface area contributed by atoms with Crippen molar-refractivity contribution in [1.29, 1.82) is 0 Å². The maximum atomic E-state index is 11.2. The predicted molar refractivity (Wildman–Crippen MR) is 163 cm³/mol. The number of anilines is 3. The van der Waals surface area contributed by atoms with Crippen LogP contribution in [-0.4, -0.2) is 6.29 Å². The van der Waals surface area contributed by atoms with Gasteiger partial charge in [0.1, 0.15) is 12.9 Å². The van der Waals surface area contributed by atoms with Gasteiger partial charge in [-0.1, -0.05) is 54.6 Å². The molecule has 5 aromatic carbocycles. The summed E-state index contributed by atoms with van der Waals surface area (Å²) in [6, 6.07) is 33.9. The Morgan fingerprint density at radius 1 is 0.641 bits per heavy atom. The van der Waals surface area contributed by atoms with Gasteiger partial charge in [0.05, 0.1) is 6.26 Å². The molecule has 0 unspecified atom stereocenters. The number of hydrogen-bond donors (Lipinski definition) is 0. The van der Waals surface area contributed by atoms with E-state index >= 15 is 0 Å². The number of aldehydes is 1. The molecule has 3 nitrogen and oxygen atoms in total. The molecule has 0 aliphatic rings. The highest BCUT2D eigenvalue weighted by Gasteiger charge is 2.15. The molecule has 0 fully saturated rings. The minimum Gasteiger partial charge on any atom is -0.496 e. The summed E-state index contributed by atoms with van der Waals surface area (Å²) in [5.74, 6) is 0. The fourth-order valence-corrected chi connectivity index (χ4v) is 5.15. The monoisotopic (exact) mass is 511 g/mol. The van der Waals surface area contributed by atoms with Crippen LogP contribution in [0.3, 0.4) is 0 Å². The summed E-state index contributed by atoms with van der Waals surface area (Å²) in [5, 5.41) is 2.33. The first-order chi connectivity index (χ1) is 18.9. The average Bonchev–Trinajstić information content (AvgIpc) is 2.90. The van der Waals surface area contributed by atoms with Crippen molar-refractivity contribution in [2.75, 3.05) is 4.90 Å². The topological polar surface area (TPSA) is 29.5 Å². The van der Waals surface area contributed by atoms with Gasteiger partial charge in [0, 0.05) is 22.6 Å². The van der Waals surface area contributed by atoms with Crippen molar-refractivity contribution >= 4 is 40.2 Å². The van der Waals surface area contributed by atoms with Crippen LogP contribution in [0.15, 0.2) is 103 Å². The molecule has 0 aliphatic carbocycles. The zero-order valence-corrected chi connectivity index (χ0v) is 22.9. The molecule has 0 amide bonds. The van der Waals surface area contributed by atoms with E-state index in [2.05, 4.69) is 105 Å². The molecule has 3 heteroatoms. The second-order valence-corrected chi connectivity index (χ2v) is 10.2. The van der Waals surface area contributed by atoms with Crippen molar-refractivity contribution in [3.8, 4) is 0 Å². The summed E-state index contributed by atoms with van der Waals surface area (Å²) in [4.78, 5) is 13.6. The summed E-state index contributed by atoms with van der Waals surface area (Å²) >= 11 is 0. The highest BCUT2D eigenvalue weighted by molar-refractivity contribution is 5.90. The number of rotatable bonds is 8. The van der Waals surface area contributed by atoms with Gasteiger partial charge in [-0.3, -0.25) is 4.79 Å². The first-order valence-corrected chi connectivity index (χ1v) is 13.2. The summed E-state index contributed by atoms with van der Waals surface area (Å²) in [6.07, 6.45) is 4.51. The fourth-order valence-electron chi connectivity index (χ4n) is 5.15. The minimum absolute atomic E-state index is 0.356. The molecule has 0 saturated heterocycles. The SMILES string of the molecule is Cc1cc(C)cc(N(c2cc(C)cc(C)c2)c2ccc3cc(C=COCc4ccccc4C=O)ccc3c2)c1. The number of fused-ring (bicyclic) bond motifs is 1. The molecule has 39 heavy (non-hydrogen) atoms. The summed E-state index contributed by atoms with van der Waals surface area (Å²) < 4.78 is 5.72. The molecule has 0 aromatic heterocycles. The molecule has 0 heterocycles. The molecule has 5 aromatic rings. The lowest BCUT2D eigenvalue weighted by molar-refractivity contribution is 0.112. The van der Waals surface area contributed by atoms with Crippen LogP contribution in [0.2, 0.25) is 0 Å². The molecule has 194 valence electrons. The van der Waals surface area contributed by atoms with Crippen molar-refractivity contribution in [1.82, 2.24) is 0 Å². The highest BCUT2D eigenvalue weighted by Crippen LogP contribution is 2.38. The molecular formula is C36H33NO2. The molecule has 0 aliphatic heterocycles. The lowest BCUT2D eigenvalue weighted by atomic mass is 10.0. The number of benzene rings is 5. The first kappa shape index (κ1) is 26.0. The van der Waals surface area contributed by atoms with E-state index in [0.29, 0.717) is 12.2 Å². The third-order valence-electron chi connectivity index (χ3n) is 6.81. The summed E-state index contributed by atoms with van der Waals surface area (Å²) in [7, 11) is 0. The zero-order chi connectivity index (χ0) is 27.4. The Morgan fingerprint density at radius 2 is 1.23 bits per heavy atom. The van der Waals surface area contributed by atoms with Gasteiger partial charge in [-0.25, -0.2) is 0 Å². The van der Waals surface area contributed by atoms with E-state index in [1.165, 1.54) is 27.6 Å². The predicted octanol–water partition coefficient (Wildman–Crippen LogP) is 9.54. The van der Waals surface area contributed by atoms with Crippen LogP contribution >= 0.6 is 0 Å². The zero-order valence-electron chi connectivity index (χ0n) is 22.9. The smallest absolute Gasteiger partial charge is 0.150 e. The Hall–Kier alpha value is -4.63. The molecule has 5 rings (SSSR count). The molecular weight excluding hydrogens is 478 g/mol. The first-order valence-electron chi connectivity index (χ1n) is 13.2. The number of hydrogen-bond acceptors (Lipinski definition) is 3. The molecule has 0 N–H and O–H groups in total. The number of carbonyl (C=O) groups excluding carboxylic acids is 1. The normalized spacial score (nSPS) is 11.2. The summed E-state index contributed by atoms with van der Waals surface area (Å²) in [6.45, 7) is 8.95. The van der Waals surface area contributed by atoms with Crippen LogP contribution in [0.4, 0.5) is 17.1 Å². The van der Waals surface area contributed by atoms with E-state index in [1.807, 2.05) is 24.3 Å². The van der Waals surface area contributed by atoms with Crippen molar-refractivity contribution in [3.05, 3.63) is 142 Å². The quantitative estimate of drug-likeness (QED) is 0.153. The second-order valence-electron chi connectivity index (χ2n) is 10.2. The molecule has 0 radical (unpaired) electrons. The Morgan fingerprint density at radius 3 is 1.87 bits per heavy atom. The van der Waals surface area contributed by atoms with Crippen molar-refractivity contribution < 1.29 is 9.53 Å². The largest absolute Gasteiger partial charge is 0.496 e. The number of carbonyl (C=O) groups is 1. The highest BCUT2D eigenvalue weighted by atomic mass is 16.5. The van der Waals surface area contributed by atoms with Crippen LogP contribution in [0.25, 0.3) is 16.8 Å². The molecule has 0 spiro atoms. The van der Waals surface area contributed by atoms with E-state index in [1.54, 1.807) is 12.3 Å². The molecule has 0 bridgehead atoms. The van der Waals surface area contributed by atoms with Crippen molar-refractivity contribution in [3.63, 3.8) is 0 Å². The van der Waals surface area contributed by atoms with Gasteiger partial charge >= 0.3 is 0 Å². The van der Waals surface area contributed by atoms with Gasteiger partial charge in [0.15, 0.2) is 0 Å². The van der Waals surface area contributed by atoms with E-state index in [4.69, 9.17) is 4.74 Å². The van der Waals surface area contributed by atoms with Gasteiger partial charge in [-0.2, -0.15) is 0 Å². The van der Waals surface area contributed by atoms with Crippen molar-refractivity contribution in [2.45, 2.75) is 34.3 Å². The number of aryl methyl sites for hydroxylation is 4. The van der Waals surface area contributed by atoms with Crippen molar-refractivity contribution in [2.24, 2.45) is 0 Å². The third kappa shape index (κ3) is 6.10. The Kier molecular flexibility index (Phi) is 7.60. The number of nitrogens with zero attached hydrogens (tertiary/aromatic N) is 1. The third-order valence-corrected chi connectivity index (χ3v) is 6.81. The van der Waals surface area contributed by atoms with Gasteiger partial charge in [0.25, 0.3) is 0 Å². The van der Waals surface area contributed by atoms with Gasteiger partial charge in [-0.15, -0.1) is 0 Å². The Balaban J connectivity index is 1.44. The van der Waals surface area contributed by atoms with Gasteiger partial charge in [0.2, 0.25) is 0 Å².